The number of rotatable bonds is 5. The van der Waals surface area contributed by atoms with E-state index in [9.17, 15) is 21.6 Å². The highest BCUT2D eigenvalue weighted by Gasteiger charge is 2.42. The van der Waals surface area contributed by atoms with Crippen molar-refractivity contribution in [2.24, 2.45) is 0 Å². The molecule has 0 aliphatic rings. The molecular weight excluding hydrogens is 360 g/mol. The van der Waals surface area contributed by atoms with Crippen LogP contribution in [0.5, 0.6) is 0 Å². The zero-order valence-corrected chi connectivity index (χ0v) is 14.4. The van der Waals surface area contributed by atoms with Crippen LogP contribution in [0.25, 0.3) is 0 Å². The maximum absolute atomic E-state index is 12.7. The predicted molar refractivity (Wildman–Crippen MR) is 88.0 cm³/mol. The molecule has 0 fully saturated rings. The number of hydrogen-bond donors (Lipinski definition) is 0. The van der Waals surface area contributed by atoms with Crippen LogP contribution in [0.4, 0.5) is 0 Å². The number of halogens is 1. The van der Waals surface area contributed by atoms with Crippen LogP contribution >= 0.6 is 11.6 Å². The molecule has 2 rings (SSSR count). The Morgan fingerprint density at radius 2 is 1.43 bits per heavy atom. The minimum Gasteiger partial charge on any atom is -0.292 e. The van der Waals surface area contributed by atoms with Crippen molar-refractivity contribution in [3.63, 3.8) is 0 Å². The molecule has 0 aromatic heterocycles. The molecule has 0 N–H and O–H groups in total. The summed E-state index contributed by atoms with van der Waals surface area (Å²) in [5.41, 5.74) is 0.0143. The van der Waals surface area contributed by atoms with Gasteiger partial charge in [-0.05, 0) is 24.3 Å². The third-order valence-electron chi connectivity index (χ3n) is 3.09. The molecule has 0 aliphatic carbocycles. The van der Waals surface area contributed by atoms with Crippen LogP contribution in [-0.4, -0.2) is 33.5 Å². The molecule has 0 saturated heterocycles. The maximum atomic E-state index is 12.7. The molecule has 0 radical (unpaired) electrons. The summed E-state index contributed by atoms with van der Waals surface area (Å²) in [7, 11) is -8.62. The van der Waals surface area contributed by atoms with Crippen molar-refractivity contribution in [2.75, 3.05) is 6.26 Å². The van der Waals surface area contributed by atoms with Crippen molar-refractivity contribution in [1.29, 1.82) is 0 Å². The van der Waals surface area contributed by atoms with Crippen LogP contribution in [0.1, 0.15) is 10.4 Å². The Morgan fingerprint density at radius 1 is 0.913 bits per heavy atom. The highest BCUT2D eigenvalue weighted by molar-refractivity contribution is 8.10. The number of hydrogen-bond acceptors (Lipinski definition) is 5. The normalized spacial score (nSPS) is 13.5. The molecule has 1 atom stereocenters. The largest absolute Gasteiger partial charge is 0.292 e. The molecule has 5 nitrogen and oxygen atoms in total. The van der Waals surface area contributed by atoms with Crippen LogP contribution in [0.15, 0.2) is 59.5 Å². The van der Waals surface area contributed by atoms with Crippen molar-refractivity contribution in [3.8, 4) is 0 Å². The summed E-state index contributed by atoms with van der Waals surface area (Å²) in [6.07, 6.45) is 0.728. The van der Waals surface area contributed by atoms with E-state index in [2.05, 4.69) is 0 Å². The van der Waals surface area contributed by atoms with Crippen molar-refractivity contribution < 1.29 is 21.6 Å². The minimum absolute atomic E-state index is 0.0143. The molecule has 0 amide bonds. The Hall–Kier alpha value is -1.70. The van der Waals surface area contributed by atoms with Crippen molar-refractivity contribution in [3.05, 3.63) is 65.2 Å². The van der Waals surface area contributed by atoms with E-state index in [1.807, 2.05) is 0 Å². The second kappa shape index (κ2) is 6.43. The van der Waals surface area contributed by atoms with Crippen LogP contribution in [0.2, 0.25) is 5.02 Å². The van der Waals surface area contributed by atoms with E-state index in [0.717, 1.165) is 6.26 Å². The summed E-state index contributed by atoms with van der Waals surface area (Å²) in [6.45, 7) is 0. The fourth-order valence-electron chi connectivity index (χ4n) is 2.05. The van der Waals surface area contributed by atoms with E-state index in [-0.39, 0.29) is 10.5 Å². The van der Waals surface area contributed by atoms with Gasteiger partial charge in [0.2, 0.25) is 14.4 Å². The van der Waals surface area contributed by atoms with E-state index in [1.54, 1.807) is 6.07 Å². The topological polar surface area (TPSA) is 85.3 Å². The monoisotopic (exact) mass is 372 g/mol. The molecule has 0 bridgehead atoms. The quantitative estimate of drug-likeness (QED) is 0.752. The molecule has 0 spiro atoms. The highest BCUT2D eigenvalue weighted by Crippen LogP contribution is 2.24. The zero-order chi connectivity index (χ0) is 17.3. The molecule has 122 valence electrons. The molecule has 23 heavy (non-hydrogen) atoms. The Morgan fingerprint density at radius 3 is 1.91 bits per heavy atom. The summed E-state index contributed by atoms with van der Waals surface area (Å²) in [6, 6.07) is 12.4. The molecular formula is C15H13ClO5S2. The number of Topliss-reactive ketones (excluding diaryl/α,β-unsaturated/α-hetero) is 1. The first-order chi connectivity index (χ1) is 10.6. The van der Waals surface area contributed by atoms with E-state index >= 15 is 0 Å². The minimum atomic E-state index is -4.42. The van der Waals surface area contributed by atoms with Gasteiger partial charge < -0.3 is 0 Å². The van der Waals surface area contributed by atoms with Gasteiger partial charge in [-0.25, -0.2) is 16.8 Å². The van der Waals surface area contributed by atoms with Gasteiger partial charge in [0.05, 0.1) is 4.90 Å². The summed E-state index contributed by atoms with van der Waals surface area (Å²) in [5, 5.41) is 0.300. The third kappa shape index (κ3) is 3.80. The third-order valence-corrected chi connectivity index (χ3v) is 7.84. The lowest BCUT2D eigenvalue weighted by molar-refractivity contribution is 0.101. The van der Waals surface area contributed by atoms with Crippen LogP contribution in [0, 0.1) is 0 Å². The molecule has 0 heterocycles. The van der Waals surface area contributed by atoms with Gasteiger partial charge in [0.1, 0.15) is 0 Å². The number of benzene rings is 2. The van der Waals surface area contributed by atoms with Crippen LogP contribution in [0.3, 0.4) is 0 Å². The van der Waals surface area contributed by atoms with E-state index in [1.165, 1.54) is 48.5 Å². The molecule has 2 aromatic carbocycles. The molecule has 1 unspecified atom stereocenters. The maximum Gasteiger partial charge on any atom is 0.229 e. The Balaban J connectivity index is 2.60. The Bertz CT molecular complexity index is 918. The van der Waals surface area contributed by atoms with Gasteiger partial charge in [-0.2, -0.15) is 0 Å². The summed E-state index contributed by atoms with van der Waals surface area (Å²) >= 11 is 5.71. The van der Waals surface area contributed by atoms with Gasteiger partial charge in [-0.15, -0.1) is 0 Å². The van der Waals surface area contributed by atoms with E-state index in [4.69, 9.17) is 11.6 Å². The van der Waals surface area contributed by atoms with E-state index < -0.39 is 30.0 Å². The van der Waals surface area contributed by atoms with Gasteiger partial charge in [0.25, 0.3) is 0 Å². The molecule has 8 heteroatoms. The highest BCUT2D eigenvalue weighted by atomic mass is 35.5. The second-order valence-corrected chi connectivity index (χ2v) is 9.79. The lowest BCUT2D eigenvalue weighted by atomic mass is 10.1. The SMILES string of the molecule is CS(=O)(=O)C(C(=O)c1ccccc1)S(=O)(=O)c1ccc(Cl)cc1. The lowest BCUT2D eigenvalue weighted by Gasteiger charge is -2.15. The number of carbonyl (C=O) groups excluding carboxylic acids is 1. The first kappa shape index (κ1) is 17.7. The van der Waals surface area contributed by atoms with Gasteiger partial charge >= 0.3 is 0 Å². The Kier molecular flexibility index (Phi) is 4.93. The predicted octanol–water partition coefficient (Wildman–Crippen LogP) is 2.37. The van der Waals surface area contributed by atoms with Crippen LogP contribution < -0.4 is 0 Å². The van der Waals surface area contributed by atoms with Gasteiger partial charge in [-0.1, -0.05) is 41.9 Å². The van der Waals surface area contributed by atoms with Gasteiger partial charge in [0, 0.05) is 16.8 Å². The first-order valence-corrected chi connectivity index (χ1v) is 10.3. The van der Waals surface area contributed by atoms with Crippen molar-refractivity contribution in [1.82, 2.24) is 0 Å². The molecule has 0 aliphatic heterocycles. The lowest BCUT2D eigenvalue weighted by Crippen LogP contribution is -2.37. The summed E-state index contributed by atoms with van der Waals surface area (Å²) in [5.74, 6) is -0.983. The fraction of sp³-hybridized carbons (Fsp3) is 0.133. The number of sulfone groups is 2. The fourth-order valence-corrected chi connectivity index (χ4v) is 6.06. The van der Waals surface area contributed by atoms with Crippen molar-refractivity contribution in [2.45, 2.75) is 9.48 Å². The van der Waals surface area contributed by atoms with E-state index in [0.29, 0.717) is 5.02 Å². The first-order valence-electron chi connectivity index (χ1n) is 6.41. The smallest absolute Gasteiger partial charge is 0.229 e. The number of ketones is 1. The van der Waals surface area contributed by atoms with Crippen LogP contribution in [-0.2, 0) is 19.7 Å². The van der Waals surface area contributed by atoms with Gasteiger partial charge in [0.15, 0.2) is 15.6 Å². The molecule has 2 aromatic rings. The summed E-state index contributed by atoms with van der Waals surface area (Å²) in [4.78, 5) is 12.2. The summed E-state index contributed by atoms with van der Waals surface area (Å²) < 4.78 is 47.1. The van der Waals surface area contributed by atoms with Gasteiger partial charge in [-0.3, -0.25) is 4.79 Å². The zero-order valence-electron chi connectivity index (χ0n) is 12.0. The number of carbonyl (C=O) groups is 1. The van der Waals surface area contributed by atoms with Crippen molar-refractivity contribution >= 4 is 37.1 Å². The second-order valence-electron chi connectivity index (χ2n) is 4.89. The average molecular weight is 373 g/mol. The Labute approximate surface area is 139 Å². The standard InChI is InChI=1S/C15H13ClO5S2/c1-22(18,19)15(14(17)11-5-3-2-4-6-11)23(20,21)13-9-7-12(16)8-10-13/h2-10,15H,1H3. The molecule has 0 saturated carbocycles. The average Bonchev–Trinajstić information content (AvgIpc) is 2.47.